The molecule has 0 unspecified atom stereocenters. The maximum absolute atomic E-state index is 11.5. The topological polar surface area (TPSA) is 42.2 Å². The van der Waals surface area contributed by atoms with E-state index in [9.17, 15) is 4.79 Å². The van der Waals surface area contributed by atoms with Crippen LogP contribution in [0.4, 0.5) is 0 Å². The molecule has 1 aromatic heterocycles. The third-order valence-electron chi connectivity index (χ3n) is 1.60. The van der Waals surface area contributed by atoms with Crippen molar-refractivity contribution < 1.29 is 9.21 Å². The van der Waals surface area contributed by atoms with Gasteiger partial charge in [0.05, 0.1) is 11.3 Å². The van der Waals surface area contributed by atoms with Crippen LogP contribution in [0.2, 0.25) is 0 Å². The molecule has 1 aromatic rings. The number of carbonyl (C=O) groups is 1. The van der Waals surface area contributed by atoms with Gasteiger partial charge in [0.25, 0.3) is 0 Å². The van der Waals surface area contributed by atoms with E-state index in [1.165, 1.54) is 18.0 Å². The molecule has 1 heterocycles. The molecule has 14 heavy (non-hydrogen) atoms. The molecule has 0 saturated carbocycles. The van der Waals surface area contributed by atoms with E-state index in [-0.39, 0.29) is 5.78 Å². The Bertz CT molecular complexity index is 317. The lowest BCUT2D eigenvalue weighted by molar-refractivity contribution is 0.102. The van der Waals surface area contributed by atoms with Crippen molar-refractivity contribution in [1.29, 1.82) is 0 Å². The average Bonchev–Trinajstić information content (AvgIpc) is 2.69. The fraction of sp³-hybridized carbons (Fsp3) is 0.300. The summed E-state index contributed by atoms with van der Waals surface area (Å²) in [5, 5.41) is 3.94. The van der Waals surface area contributed by atoms with Crippen LogP contribution in [-0.2, 0) is 0 Å². The molecule has 0 spiro atoms. The minimum Gasteiger partial charge on any atom is -0.461 e. The summed E-state index contributed by atoms with van der Waals surface area (Å²) >= 11 is 1.51. The lowest BCUT2D eigenvalue weighted by Crippen LogP contribution is -2.11. The number of ketones is 1. The number of allylic oxidation sites excluding steroid dienone is 1. The molecule has 3 nitrogen and oxygen atoms in total. The molecule has 0 aliphatic carbocycles. The van der Waals surface area contributed by atoms with Gasteiger partial charge in [0.2, 0.25) is 5.78 Å². The number of hydrogen-bond donors (Lipinski definition) is 1. The lowest BCUT2D eigenvalue weighted by atomic mass is 10.3. The number of carbonyl (C=O) groups excluding carboxylic acids is 1. The highest BCUT2D eigenvalue weighted by Gasteiger charge is 2.06. The Morgan fingerprint density at radius 1 is 1.71 bits per heavy atom. The van der Waals surface area contributed by atoms with Crippen molar-refractivity contribution in [2.45, 2.75) is 6.92 Å². The molecular formula is C10H13NO2S. The summed E-state index contributed by atoms with van der Waals surface area (Å²) in [6.45, 7) is 2.79. The Labute approximate surface area is 87.6 Å². The van der Waals surface area contributed by atoms with Crippen molar-refractivity contribution in [3.63, 3.8) is 0 Å². The fourth-order valence-corrected chi connectivity index (χ4v) is 1.48. The molecule has 0 amide bonds. The van der Waals surface area contributed by atoms with E-state index in [4.69, 9.17) is 4.42 Å². The molecule has 0 aliphatic rings. The molecule has 0 fully saturated rings. The number of rotatable bonds is 5. The predicted octanol–water partition coefficient (Wildman–Crippen LogP) is 2.28. The highest BCUT2D eigenvalue weighted by Crippen LogP contribution is 2.10. The molecule has 0 aromatic carbocycles. The summed E-state index contributed by atoms with van der Waals surface area (Å²) < 4.78 is 4.99. The third-order valence-corrected chi connectivity index (χ3v) is 2.30. The summed E-state index contributed by atoms with van der Waals surface area (Å²) in [6, 6.07) is 3.36. The summed E-state index contributed by atoms with van der Waals surface area (Å²) in [5.74, 6) is 0.259. The van der Waals surface area contributed by atoms with Gasteiger partial charge in [0.1, 0.15) is 0 Å². The van der Waals surface area contributed by atoms with Gasteiger partial charge in [-0.1, -0.05) is 0 Å². The molecule has 4 heteroatoms. The predicted molar refractivity (Wildman–Crippen MR) is 58.3 cm³/mol. The van der Waals surface area contributed by atoms with Crippen LogP contribution in [0.15, 0.2) is 33.9 Å². The Kier molecular flexibility index (Phi) is 4.32. The van der Waals surface area contributed by atoms with Gasteiger partial charge >= 0.3 is 0 Å². The molecule has 1 N–H and O–H groups in total. The van der Waals surface area contributed by atoms with Crippen molar-refractivity contribution in [2.24, 2.45) is 0 Å². The van der Waals surface area contributed by atoms with E-state index in [1.807, 2.05) is 13.2 Å². The Balaban J connectivity index is 2.70. The van der Waals surface area contributed by atoms with Crippen molar-refractivity contribution >= 4 is 17.5 Å². The second-order valence-corrected chi connectivity index (χ2v) is 3.43. The standard InChI is InChI=1S/C10H13NO2S/c1-3-11-10(14-2)7-8(12)9-5-4-6-13-9/h4-7,11H,3H2,1-2H3/b10-7+. The van der Waals surface area contributed by atoms with Gasteiger partial charge < -0.3 is 9.73 Å². The Morgan fingerprint density at radius 3 is 3.00 bits per heavy atom. The molecule has 0 bridgehead atoms. The first kappa shape index (κ1) is 10.9. The largest absolute Gasteiger partial charge is 0.461 e. The van der Waals surface area contributed by atoms with E-state index in [1.54, 1.807) is 18.2 Å². The van der Waals surface area contributed by atoms with Gasteiger partial charge in [-0.2, -0.15) is 0 Å². The maximum Gasteiger partial charge on any atom is 0.223 e. The molecule has 0 atom stereocenters. The molecule has 0 aliphatic heterocycles. The number of nitrogens with one attached hydrogen (secondary N) is 1. The van der Waals surface area contributed by atoms with Crippen molar-refractivity contribution in [2.75, 3.05) is 12.8 Å². The highest BCUT2D eigenvalue weighted by molar-refractivity contribution is 8.02. The quantitative estimate of drug-likeness (QED) is 0.599. The van der Waals surface area contributed by atoms with E-state index in [2.05, 4.69) is 5.32 Å². The van der Waals surface area contributed by atoms with Crippen LogP contribution < -0.4 is 5.32 Å². The van der Waals surface area contributed by atoms with Gasteiger partial charge in [-0.05, 0) is 25.3 Å². The minimum absolute atomic E-state index is 0.111. The van der Waals surface area contributed by atoms with E-state index < -0.39 is 0 Å². The van der Waals surface area contributed by atoms with Crippen LogP contribution in [0.5, 0.6) is 0 Å². The van der Waals surface area contributed by atoms with Crippen molar-refractivity contribution in [1.82, 2.24) is 5.32 Å². The lowest BCUT2D eigenvalue weighted by Gasteiger charge is -2.03. The summed E-state index contributed by atoms with van der Waals surface area (Å²) in [5.41, 5.74) is 0. The molecule has 0 radical (unpaired) electrons. The second-order valence-electron chi connectivity index (χ2n) is 2.58. The third kappa shape index (κ3) is 2.96. The first-order valence-electron chi connectivity index (χ1n) is 4.35. The SMILES string of the molecule is CCN/C(=C\C(=O)c1ccco1)SC. The van der Waals surface area contributed by atoms with Crippen LogP contribution in [0.1, 0.15) is 17.5 Å². The molecule has 76 valence electrons. The minimum atomic E-state index is -0.111. The van der Waals surface area contributed by atoms with Crippen LogP contribution >= 0.6 is 11.8 Å². The van der Waals surface area contributed by atoms with Gasteiger partial charge in [0.15, 0.2) is 5.76 Å². The Morgan fingerprint density at radius 2 is 2.50 bits per heavy atom. The van der Waals surface area contributed by atoms with Crippen LogP contribution in [0.3, 0.4) is 0 Å². The van der Waals surface area contributed by atoms with Crippen LogP contribution in [-0.4, -0.2) is 18.6 Å². The number of furan rings is 1. The molecular weight excluding hydrogens is 198 g/mol. The van der Waals surface area contributed by atoms with E-state index in [0.717, 1.165) is 11.6 Å². The zero-order valence-electron chi connectivity index (χ0n) is 8.24. The second kappa shape index (κ2) is 5.54. The summed E-state index contributed by atoms with van der Waals surface area (Å²) in [4.78, 5) is 11.5. The molecule has 0 saturated heterocycles. The first-order valence-corrected chi connectivity index (χ1v) is 5.57. The average molecular weight is 211 g/mol. The number of thioether (sulfide) groups is 1. The summed E-state index contributed by atoms with van der Waals surface area (Å²) in [7, 11) is 0. The summed E-state index contributed by atoms with van der Waals surface area (Å²) in [6.07, 6.45) is 4.96. The first-order chi connectivity index (χ1) is 6.77. The zero-order chi connectivity index (χ0) is 10.4. The zero-order valence-corrected chi connectivity index (χ0v) is 9.06. The van der Waals surface area contributed by atoms with Crippen LogP contribution in [0.25, 0.3) is 0 Å². The van der Waals surface area contributed by atoms with Crippen molar-refractivity contribution in [3.8, 4) is 0 Å². The van der Waals surface area contributed by atoms with Gasteiger partial charge in [-0.15, -0.1) is 11.8 Å². The van der Waals surface area contributed by atoms with Gasteiger partial charge in [0, 0.05) is 12.6 Å². The maximum atomic E-state index is 11.5. The Hall–Kier alpha value is -1.16. The smallest absolute Gasteiger partial charge is 0.223 e. The van der Waals surface area contributed by atoms with Gasteiger partial charge in [-0.25, -0.2) is 0 Å². The van der Waals surface area contributed by atoms with Crippen molar-refractivity contribution in [3.05, 3.63) is 35.3 Å². The van der Waals surface area contributed by atoms with E-state index >= 15 is 0 Å². The monoisotopic (exact) mass is 211 g/mol. The highest BCUT2D eigenvalue weighted by atomic mass is 32.2. The molecule has 1 rings (SSSR count). The normalized spacial score (nSPS) is 11.4. The van der Waals surface area contributed by atoms with Crippen LogP contribution in [0, 0.1) is 0 Å². The van der Waals surface area contributed by atoms with Gasteiger partial charge in [-0.3, -0.25) is 4.79 Å². The fourth-order valence-electron chi connectivity index (χ4n) is 0.965. The number of hydrogen-bond acceptors (Lipinski definition) is 4. The van der Waals surface area contributed by atoms with E-state index in [0.29, 0.717) is 5.76 Å².